The van der Waals surface area contributed by atoms with Crippen molar-refractivity contribution in [2.24, 2.45) is 0 Å². The largest absolute Gasteiger partial charge is 0.382 e. The van der Waals surface area contributed by atoms with E-state index in [9.17, 15) is 0 Å². The monoisotopic (exact) mass is 217 g/mol. The van der Waals surface area contributed by atoms with Crippen LogP contribution in [0.3, 0.4) is 0 Å². The SMILES string of the molecule is COCCOCCCNc1ncns1. The number of anilines is 1. The molecule has 0 aliphatic heterocycles. The number of ether oxygens (including phenoxy) is 2. The second kappa shape index (κ2) is 7.66. The molecule has 1 aromatic rings. The van der Waals surface area contributed by atoms with E-state index in [1.807, 2.05) is 0 Å². The number of hydrogen-bond acceptors (Lipinski definition) is 6. The average molecular weight is 217 g/mol. The topological polar surface area (TPSA) is 56.3 Å². The van der Waals surface area contributed by atoms with Gasteiger partial charge in [-0.05, 0) is 6.42 Å². The van der Waals surface area contributed by atoms with Crippen molar-refractivity contribution in [1.29, 1.82) is 0 Å². The zero-order chi connectivity index (χ0) is 10.1. The maximum atomic E-state index is 5.30. The van der Waals surface area contributed by atoms with Crippen LogP contribution in [0.2, 0.25) is 0 Å². The van der Waals surface area contributed by atoms with Gasteiger partial charge in [0.25, 0.3) is 0 Å². The van der Waals surface area contributed by atoms with E-state index in [2.05, 4.69) is 14.7 Å². The van der Waals surface area contributed by atoms with E-state index in [1.54, 1.807) is 13.4 Å². The zero-order valence-corrected chi connectivity index (χ0v) is 9.05. The normalized spacial score (nSPS) is 10.4. The third-order valence-corrected chi connectivity index (χ3v) is 2.16. The molecule has 0 bridgehead atoms. The van der Waals surface area contributed by atoms with Crippen molar-refractivity contribution in [3.8, 4) is 0 Å². The minimum absolute atomic E-state index is 0.657. The fourth-order valence-electron chi connectivity index (χ4n) is 0.865. The lowest BCUT2D eigenvalue weighted by Crippen LogP contribution is -2.08. The van der Waals surface area contributed by atoms with E-state index in [1.165, 1.54) is 11.5 Å². The summed E-state index contributed by atoms with van der Waals surface area (Å²) in [7, 11) is 1.67. The first kappa shape index (κ1) is 11.4. The van der Waals surface area contributed by atoms with Crippen LogP contribution in [-0.2, 0) is 9.47 Å². The third kappa shape index (κ3) is 5.11. The predicted octanol–water partition coefficient (Wildman–Crippen LogP) is 1.00. The lowest BCUT2D eigenvalue weighted by atomic mass is 10.4. The van der Waals surface area contributed by atoms with Crippen molar-refractivity contribution >= 4 is 16.7 Å². The van der Waals surface area contributed by atoms with Gasteiger partial charge in [0.2, 0.25) is 5.13 Å². The summed E-state index contributed by atoms with van der Waals surface area (Å²) in [5.74, 6) is 0. The summed E-state index contributed by atoms with van der Waals surface area (Å²) in [5.41, 5.74) is 0. The van der Waals surface area contributed by atoms with Crippen molar-refractivity contribution < 1.29 is 9.47 Å². The van der Waals surface area contributed by atoms with Crippen LogP contribution in [-0.4, -0.2) is 42.8 Å². The first-order valence-electron chi connectivity index (χ1n) is 4.50. The molecule has 1 heterocycles. The lowest BCUT2D eigenvalue weighted by Gasteiger charge is -2.03. The number of hydrogen-bond donors (Lipinski definition) is 1. The maximum absolute atomic E-state index is 5.30. The number of aromatic nitrogens is 2. The molecule has 80 valence electrons. The van der Waals surface area contributed by atoms with E-state index in [-0.39, 0.29) is 0 Å². The van der Waals surface area contributed by atoms with Crippen LogP contribution in [0.1, 0.15) is 6.42 Å². The van der Waals surface area contributed by atoms with E-state index in [4.69, 9.17) is 9.47 Å². The summed E-state index contributed by atoms with van der Waals surface area (Å²) >= 11 is 1.36. The molecule has 0 atom stereocenters. The summed E-state index contributed by atoms with van der Waals surface area (Å²) in [4.78, 5) is 4.00. The highest BCUT2D eigenvalue weighted by Crippen LogP contribution is 2.05. The molecule has 0 aliphatic carbocycles. The van der Waals surface area contributed by atoms with Crippen LogP contribution < -0.4 is 5.32 Å². The summed E-state index contributed by atoms with van der Waals surface area (Å²) in [6, 6.07) is 0. The summed E-state index contributed by atoms with van der Waals surface area (Å²) in [6.45, 7) is 2.93. The Bertz CT molecular complexity index is 218. The Morgan fingerprint density at radius 1 is 1.43 bits per heavy atom. The molecule has 0 spiro atoms. The van der Waals surface area contributed by atoms with Crippen molar-refractivity contribution in [2.75, 3.05) is 38.8 Å². The molecular formula is C8H15N3O2S. The van der Waals surface area contributed by atoms with Crippen molar-refractivity contribution in [2.45, 2.75) is 6.42 Å². The molecule has 0 radical (unpaired) electrons. The van der Waals surface area contributed by atoms with Gasteiger partial charge in [0.15, 0.2) is 0 Å². The molecule has 0 fully saturated rings. The summed E-state index contributed by atoms with van der Waals surface area (Å²) < 4.78 is 14.0. The molecule has 0 aliphatic rings. The number of methoxy groups -OCH3 is 1. The van der Waals surface area contributed by atoms with Crippen LogP contribution in [0.25, 0.3) is 0 Å². The van der Waals surface area contributed by atoms with Crippen LogP contribution in [0.4, 0.5) is 5.13 Å². The standard InChI is InChI=1S/C8H15N3O2S/c1-12-5-6-13-4-2-3-9-8-10-7-11-14-8/h7H,2-6H2,1H3,(H,9,10,11). The Balaban J connectivity index is 1.85. The smallest absolute Gasteiger partial charge is 0.202 e. The maximum Gasteiger partial charge on any atom is 0.202 e. The molecule has 0 aromatic carbocycles. The second-order valence-electron chi connectivity index (χ2n) is 2.63. The first-order valence-corrected chi connectivity index (χ1v) is 5.28. The third-order valence-electron chi connectivity index (χ3n) is 1.53. The molecule has 1 rings (SSSR count). The lowest BCUT2D eigenvalue weighted by molar-refractivity contribution is 0.0705. The number of nitrogens with zero attached hydrogens (tertiary/aromatic N) is 2. The van der Waals surface area contributed by atoms with Gasteiger partial charge in [-0.25, -0.2) is 4.98 Å². The molecule has 0 saturated carbocycles. The Morgan fingerprint density at radius 3 is 3.07 bits per heavy atom. The van der Waals surface area contributed by atoms with Gasteiger partial charge < -0.3 is 14.8 Å². The van der Waals surface area contributed by atoms with Gasteiger partial charge in [0, 0.05) is 31.8 Å². The molecule has 5 nitrogen and oxygen atoms in total. The quantitative estimate of drug-likeness (QED) is 0.658. The fraction of sp³-hybridized carbons (Fsp3) is 0.750. The van der Waals surface area contributed by atoms with Crippen LogP contribution in [0, 0.1) is 0 Å². The van der Waals surface area contributed by atoms with E-state index in [0.29, 0.717) is 13.2 Å². The summed E-state index contributed by atoms with van der Waals surface area (Å²) in [6.07, 6.45) is 2.51. The number of rotatable bonds is 8. The molecule has 14 heavy (non-hydrogen) atoms. The average Bonchev–Trinajstić information content (AvgIpc) is 2.69. The Kier molecular flexibility index (Phi) is 6.21. The zero-order valence-electron chi connectivity index (χ0n) is 8.23. The van der Waals surface area contributed by atoms with Crippen LogP contribution in [0.15, 0.2) is 6.33 Å². The van der Waals surface area contributed by atoms with Crippen molar-refractivity contribution in [3.05, 3.63) is 6.33 Å². The van der Waals surface area contributed by atoms with Gasteiger partial charge >= 0.3 is 0 Å². The van der Waals surface area contributed by atoms with E-state index < -0.39 is 0 Å². The minimum Gasteiger partial charge on any atom is -0.382 e. The number of nitrogens with one attached hydrogen (secondary N) is 1. The van der Waals surface area contributed by atoms with Crippen molar-refractivity contribution in [1.82, 2.24) is 9.36 Å². The fourth-order valence-corrected chi connectivity index (χ4v) is 1.32. The van der Waals surface area contributed by atoms with Gasteiger partial charge in [-0.2, -0.15) is 4.37 Å². The Morgan fingerprint density at radius 2 is 2.36 bits per heavy atom. The highest BCUT2D eigenvalue weighted by atomic mass is 32.1. The van der Waals surface area contributed by atoms with Crippen molar-refractivity contribution in [3.63, 3.8) is 0 Å². The van der Waals surface area contributed by atoms with Crippen LogP contribution >= 0.6 is 11.5 Å². The molecule has 1 aromatic heterocycles. The van der Waals surface area contributed by atoms with Gasteiger partial charge in [0.1, 0.15) is 6.33 Å². The first-order chi connectivity index (χ1) is 6.93. The van der Waals surface area contributed by atoms with Gasteiger partial charge in [-0.1, -0.05) is 0 Å². The van der Waals surface area contributed by atoms with Crippen LogP contribution in [0.5, 0.6) is 0 Å². The molecule has 0 amide bonds. The molecule has 0 saturated heterocycles. The van der Waals surface area contributed by atoms with Gasteiger partial charge in [-0.15, -0.1) is 0 Å². The molecule has 1 N–H and O–H groups in total. The molecular weight excluding hydrogens is 202 g/mol. The second-order valence-corrected chi connectivity index (χ2v) is 3.41. The predicted molar refractivity (Wildman–Crippen MR) is 55.7 cm³/mol. The molecule has 0 unspecified atom stereocenters. The summed E-state index contributed by atoms with van der Waals surface area (Å²) in [5, 5.41) is 4.01. The highest BCUT2D eigenvalue weighted by Gasteiger charge is 1.93. The molecule has 6 heteroatoms. The minimum atomic E-state index is 0.657. The Hall–Kier alpha value is -0.720. The van der Waals surface area contributed by atoms with E-state index >= 15 is 0 Å². The van der Waals surface area contributed by atoms with Gasteiger partial charge in [-0.3, -0.25) is 0 Å². The Labute approximate surface area is 87.6 Å². The highest BCUT2D eigenvalue weighted by molar-refractivity contribution is 7.09. The van der Waals surface area contributed by atoms with E-state index in [0.717, 1.165) is 24.7 Å². The van der Waals surface area contributed by atoms with Gasteiger partial charge in [0.05, 0.1) is 13.2 Å².